The normalized spacial score (nSPS) is 12.2. The number of hydrogen-bond acceptors (Lipinski definition) is 7. The first-order valence-corrected chi connectivity index (χ1v) is 7.54. The zero-order valence-electron chi connectivity index (χ0n) is 14.1. The van der Waals surface area contributed by atoms with Crippen molar-refractivity contribution in [1.29, 1.82) is 0 Å². The van der Waals surface area contributed by atoms with Crippen LogP contribution in [-0.2, 0) is 0 Å². The van der Waals surface area contributed by atoms with Crippen LogP contribution in [0.5, 0.6) is 5.75 Å². The van der Waals surface area contributed by atoms with Crippen LogP contribution in [0.2, 0.25) is 0 Å². The van der Waals surface area contributed by atoms with Crippen molar-refractivity contribution in [2.24, 2.45) is 0 Å². The van der Waals surface area contributed by atoms with Crippen molar-refractivity contribution < 1.29 is 4.74 Å². The summed E-state index contributed by atoms with van der Waals surface area (Å²) in [4.78, 5) is 16.8. The number of anilines is 2. The lowest BCUT2D eigenvalue weighted by Crippen LogP contribution is -2.29. The Morgan fingerprint density at radius 2 is 1.78 bits per heavy atom. The van der Waals surface area contributed by atoms with Crippen molar-refractivity contribution in [2.45, 2.75) is 13.0 Å². The fourth-order valence-electron chi connectivity index (χ4n) is 2.00. The maximum absolute atomic E-state index is 5.78. The Bertz CT molecular complexity index is 619. The molecule has 1 aromatic carbocycles. The van der Waals surface area contributed by atoms with Gasteiger partial charge in [0.25, 0.3) is 0 Å². The summed E-state index contributed by atoms with van der Waals surface area (Å²) >= 11 is 0. The molecule has 0 fully saturated rings. The molecule has 0 bridgehead atoms. The number of ether oxygens (including phenoxy) is 1. The summed E-state index contributed by atoms with van der Waals surface area (Å²) in [5.74, 6) is 2.32. The number of nitrogen functional groups attached to an aromatic ring is 1. The minimum absolute atomic E-state index is 0.0124. The molecule has 0 amide bonds. The summed E-state index contributed by atoms with van der Waals surface area (Å²) in [6.45, 7) is 3.38. The minimum atomic E-state index is 0.0124. The highest BCUT2D eigenvalue weighted by atomic mass is 16.5. The van der Waals surface area contributed by atoms with Gasteiger partial charge in [0.2, 0.25) is 11.9 Å². The van der Waals surface area contributed by atoms with E-state index >= 15 is 0 Å². The number of para-hydroxylation sites is 1. The maximum Gasteiger partial charge on any atom is 0.229 e. The van der Waals surface area contributed by atoms with Gasteiger partial charge in [-0.15, -0.1) is 0 Å². The fraction of sp³-hybridized carbons (Fsp3) is 0.438. The van der Waals surface area contributed by atoms with E-state index in [0.29, 0.717) is 18.4 Å². The van der Waals surface area contributed by atoms with E-state index in [1.165, 1.54) is 0 Å². The van der Waals surface area contributed by atoms with Crippen molar-refractivity contribution in [3.63, 3.8) is 0 Å². The van der Waals surface area contributed by atoms with Crippen LogP contribution >= 0.6 is 0 Å². The lowest BCUT2D eigenvalue weighted by atomic mass is 10.3. The highest BCUT2D eigenvalue weighted by Gasteiger charge is 2.17. The molecule has 1 aromatic heterocycles. The Kier molecular flexibility index (Phi) is 5.70. The standard InChI is InChI=1S/C16H24N6O/c1-12(14-18-15(17)20-16(19-14)21(2)3)22(4)10-11-23-13-8-6-5-7-9-13/h5-9,12H,10-11H2,1-4H3,(H2,17,18,19,20)/t12-/m0/s1. The molecule has 0 aliphatic rings. The van der Waals surface area contributed by atoms with Gasteiger partial charge >= 0.3 is 0 Å². The van der Waals surface area contributed by atoms with Crippen molar-refractivity contribution in [1.82, 2.24) is 19.9 Å². The van der Waals surface area contributed by atoms with Crippen molar-refractivity contribution in [3.05, 3.63) is 36.2 Å². The quantitative estimate of drug-likeness (QED) is 0.830. The molecular weight excluding hydrogens is 292 g/mol. The van der Waals surface area contributed by atoms with E-state index in [4.69, 9.17) is 10.5 Å². The number of benzene rings is 1. The summed E-state index contributed by atoms with van der Waals surface area (Å²) in [6, 6.07) is 9.78. The topological polar surface area (TPSA) is 80.4 Å². The smallest absolute Gasteiger partial charge is 0.229 e. The highest BCUT2D eigenvalue weighted by molar-refractivity contribution is 5.33. The van der Waals surface area contributed by atoms with Crippen LogP contribution in [0.1, 0.15) is 18.8 Å². The third-order valence-electron chi connectivity index (χ3n) is 3.55. The third-order valence-corrected chi connectivity index (χ3v) is 3.55. The van der Waals surface area contributed by atoms with Crippen molar-refractivity contribution in [3.8, 4) is 5.75 Å². The van der Waals surface area contributed by atoms with E-state index in [1.54, 1.807) is 0 Å². The first-order valence-electron chi connectivity index (χ1n) is 7.54. The van der Waals surface area contributed by atoms with E-state index in [-0.39, 0.29) is 12.0 Å². The van der Waals surface area contributed by atoms with Gasteiger partial charge < -0.3 is 15.4 Å². The second-order valence-electron chi connectivity index (χ2n) is 5.56. The van der Waals surface area contributed by atoms with E-state index in [1.807, 2.05) is 63.3 Å². The zero-order valence-corrected chi connectivity index (χ0v) is 14.1. The van der Waals surface area contributed by atoms with Crippen LogP contribution in [0.3, 0.4) is 0 Å². The molecule has 0 unspecified atom stereocenters. The van der Waals surface area contributed by atoms with Gasteiger partial charge in [-0.3, -0.25) is 4.90 Å². The molecule has 7 nitrogen and oxygen atoms in total. The van der Waals surface area contributed by atoms with Gasteiger partial charge in [-0.25, -0.2) is 0 Å². The predicted molar refractivity (Wildman–Crippen MR) is 91.5 cm³/mol. The molecule has 23 heavy (non-hydrogen) atoms. The average Bonchev–Trinajstić information content (AvgIpc) is 2.54. The van der Waals surface area contributed by atoms with E-state index in [9.17, 15) is 0 Å². The van der Waals surface area contributed by atoms with Crippen LogP contribution in [0.25, 0.3) is 0 Å². The summed E-state index contributed by atoms with van der Waals surface area (Å²) in [6.07, 6.45) is 0. The molecule has 124 valence electrons. The van der Waals surface area contributed by atoms with Gasteiger partial charge in [-0.1, -0.05) is 18.2 Å². The number of nitrogens with two attached hydrogens (primary N) is 1. The zero-order chi connectivity index (χ0) is 16.8. The van der Waals surface area contributed by atoms with Crippen LogP contribution in [0.4, 0.5) is 11.9 Å². The van der Waals surface area contributed by atoms with Crippen molar-refractivity contribution in [2.75, 3.05) is 44.9 Å². The van der Waals surface area contributed by atoms with Gasteiger partial charge in [0.15, 0.2) is 5.82 Å². The molecule has 0 aliphatic carbocycles. The maximum atomic E-state index is 5.78. The third kappa shape index (κ3) is 4.79. The van der Waals surface area contributed by atoms with Crippen molar-refractivity contribution >= 4 is 11.9 Å². The van der Waals surface area contributed by atoms with Crippen LogP contribution in [-0.4, -0.2) is 54.1 Å². The molecule has 7 heteroatoms. The highest BCUT2D eigenvalue weighted by Crippen LogP contribution is 2.17. The molecule has 0 saturated heterocycles. The Balaban J connectivity index is 1.95. The summed E-state index contributed by atoms with van der Waals surface area (Å²) in [5.41, 5.74) is 5.78. The van der Waals surface area contributed by atoms with Gasteiger partial charge in [-0.05, 0) is 26.1 Å². The Morgan fingerprint density at radius 1 is 1.09 bits per heavy atom. The largest absolute Gasteiger partial charge is 0.492 e. The fourth-order valence-corrected chi connectivity index (χ4v) is 2.00. The van der Waals surface area contributed by atoms with E-state index in [2.05, 4.69) is 19.9 Å². The molecule has 2 rings (SSSR count). The van der Waals surface area contributed by atoms with E-state index < -0.39 is 0 Å². The number of likely N-dealkylation sites (N-methyl/N-ethyl adjacent to an activating group) is 1. The van der Waals surface area contributed by atoms with E-state index in [0.717, 1.165) is 12.3 Å². The molecular formula is C16H24N6O. The second kappa shape index (κ2) is 7.73. The molecule has 1 atom stereocenters. The van der Waals surface area contributed by atoms with Crippen LogP contribution in [0, 0.1) is 0 Å². The first kappa shape index (κ1) is 17.0. The number of aromatic nitrogens is 3. The van der Waals surface area contributed by atoms with Crippen LogP contribution < -0.4 is 15.4 Å². The Hall–Kier alpha value is -2.41. The molecule has 0 spiro atoms. The minimum Gasteiger partial charge on any atom is -0.492 e. The Labute approximate surface area is 137 Å². The second-order valence-corrected chi connectivity index (χ2v) is 5.56. The molecule has 0 radical (unpaired) electrons. The molecule has 0 aliphatic heterocycles. The van der Waals surface area contributed by atoms with Gasteiger partial charge in [0.1, 0.15) is 12.4 Å². The molecule has 2 N–H and O–H groups in total. The van der Waals surface area contributed by atoms with Gasteiger partial charge in [-0.2, -0.15) is 15.0 Å². The van der Waals surface area contributed by atoms with Gasteiger partial charge in [0, 0.05) is 20.6 Å². The number of nitrogens with zero attached hydrogens (tertiary/aromatic N) is 5. The lowest BCUT2D eigenvalue weighted by Gasteiger charge is -2.24. The number of hydrogen-bond donors (Lipinski definition) is 1. The van der Waals surface area contributed by atoms with Gasteiger partial charge in [0.05, 0.1) is 6.04 Å². The first-order chi connectivity index (χ1) is 11.0. The number of rotatable bonds is 7. The van der Waals surface area contributed by atoms with Crippen LogP contribution in [0.15, 0.2) is 30.3 Å². The molecule has 0 saturated carbocycles. The monoisotopic (exact) mass is 316 g/mol. The average molecular weight is 316 g/mol. The summed E-state index contributed by atoms with van der Waals surface area (Å²) < 4.78 is 5.72. The predicted octanol–water partition coefficient (Wildman–Crippen LogP) is 1.59. The summed E-state index contributed by atoms with van der Waals surface area (Å²) in [5, 5.41) is 0. The Morgan fingerprint density at radius 3 is 2.43 bits per heavy atom. The SMILES string of the molecule is C[C@@H](c1nc(N)nc(N(C)C)n1)N(C)CCOc1ccccc1. The lowest BCUT2D eigenvalue weighted by molar-refractivity contribution is 0.196. The molecule has 2 aromatic rings. The summed E-state index contributed by atoms with van der Waals surface area (Å²) in [7, 11) is 5.76. The molecule has 1 heterocycles.